The third kappa shape index (κ3) is 4.22. The minimum Gasteiger partial charge on any atom is -0.496 e. The van der Waals surface area contributed by atoms with Crippen LogP contribution in [0.3, 0.4) is 0 Å². The summed E-state index contributed by atoms with van der Waals surface area (Å²) < 4.78 is 30.1. The SMILES string of the molecule is COc1ccc2[nH]cc3c2c1CC(NCCCNS(C)(=O)=O)C3.Cl. The lowest BCUT2D eigenvalue weighted by Crippen LogP contribution is -2.37. The molecule has 1 aliphatic rings. The highest BCUT2D eigenvalue weighted by Gasteiger charge is 2.24. The van der Waals surface area contributed by atoms with Crippen LogP contribution in [0.4, 0.5) is 0 Å². The van der Waals surface area contributed by atoms with E-state index in [-0.39, 0.29) is 12.4 Å². The lowest BCUT2D eigenvalue weighted by atomic mass is 9.88. The molecule has 0 saturated carbocycles. The number of halogens is 1. The number of sulfonamides is 1. The van der Waals surface area contributed by atoms with Crippen LogP contribution in [0, 0.1) is 0 Å². The van der Waals surface area contributed by atoms with Crippen LogP contribution in [0.5, 0.6) is 5.75 Å². The van der Waals surface area contributed by atoms with Crippen molar-refractivity contribution in [2.45, 2.75) is 25.3 Å². The average molecular weight is 374 g/mol. The molecule has 0 aliphatic heterocycles. The zero-order valence-corrected chi connectivity index (χ0v) is 15.5. The summed E-state index contributed by atoms with van der Waals surface area (Å²) in [6.45, 7) is 1.25. The molecule has 6 nitrogen and oxygen atoms in total. The molecule has 3 rings (SSSR count). The Morgan fingerprint density at radius 3 is 2.79 bits per heavy atom. The van der Waals surface area contributed by atoms with E-state index in [9.17, 15) is 8.42 Å². The Kier molecular flexibility index (Phi) is 6.14. The van der Waals surface area contributed by atoms with Crippen molar-refractivity contribution in [1.82, 2.24) is 15.0 Å². The van der Waals surface area contributed by atoms with E-state index >= 15 is 0 Å². The number of methoxy groups -OCH3 is 1. The van der Waals surface area contributed by atoms with E-state index < -0.39 is 10.0 Å². The highest BCUT2D eigenvalue weighted by Crippen LogP contribution is 2.35. The maximum atomic E-state index is 11.0. The Morgan fingerprint density at radius 2 is 2.08 bits per heavy atom. The second-order valence-electron chi connectivity index (χ2n) is 6.06. The number of aromatic amines is 1. The molecule has 2 aromatic rings. The van der Waals surface area contributed by atoms with Crippen molar-refractivity contribution in [2.24, 2.45) is 0 Å². The Morgan fingerprint density at radius 1 is 1.29 bits per heavy atom. The molecule has 1 aromatic carbocycles. The van der Waals surface area contributed by atoms with E-state index in [0.29, 0.717) is 12.6 Å². The maximum Gasteiger partial charge on any atom is 0.208 e. The lowest BCUT2D eigenvalue weighted by molar-refractivity contribution is 0.403. The minimum absolute atomic E-state index is 0. The number of hydrogen-bond donors (Lipinski definition) is 3. The van der Waals surface area contributed by atoms with Crippen molar-refractivity contribution in [3.8, 4) is 5.75 Å². The molecule has 0 amide bonds. The fraction of sp³-hybridized carbons (Fsp3) is 0.500. The van der Waals surface area contributed by atoms with E-state index in [1.807, 2.05) is 6.07 Å². The molecule has 0 spiro atoms. The Balaban J connectivity index is 0.00000208. The number of rotatable bonds is 7. The number of H-pyrrole nitrogens is 1. The molecule has 0 radical (unpaired) electrons. The van der Waals surface area contributed by atoms with Gasteiger partial charge in [-0.2, -0.15) is 0 Å². The quantitative estimate of drug-likeness (QED) is 0.644. The van der Waals surface area contributed by atoms with Gasteiger partial charge < -0.3 is 15.0 Å². The summed E-state index contributed by atoms with van der Waals surface area (Å²) in [6.07, 6.45) is 5.92. The molecule has 0 fully saturated rings. The number of ether oxygens (including phenoxy) is 1. The topological polar surface area (TPSA) is 83.2 Å². The van der Waals surface area contributed by atoms with Gasteiger partial charge in [0.05, 0.1) is 13.4 Å². The molecule has 8 heteroatoms. The van der Waals surface area contributed by atoms with Crippen LogP contribution in [-0.4, -0.2) is 45.9 Å². The van der Waals surface area contributed by atoms with Gasteiger partial charge in [0.1, 0.15) is 5.75 Å². The van der Waals surface area contributed by atoms with Crippen molar-refractivity contribution in [3.05, 3.63) is 29.5 Å². The van der Waals surface area contributed by atoms with Crippen molar-refractivity contribution in [1.29, 1.82) is 0 Å². The third-order valence-electron chi connectivity index (χ3n) is 4.28. The standard InChI is InChI=1S/C16H23N3O3S.ClH/c1-22-15-5-4-14-16-11(10-18-14)8-12(9-13(15)16)17-6-3-7-19-23(2,20)21;/h4-5,10,12,17-19H,3,6-9H2,1-2H3;1H. The second kappa shape index (κ2) is 7.74. The second-order valence-corrected chi connectivity index (χ2v) is 7.90. The molecule has 134 valence electrons. The summed E-state index contributed by atoms with van der Waals surface area (Å²) in [4.78, 5) is 3.32. The predicted molar refractivity (Wildman–Crippen MR) is 98.8 cm³/mol. The molecule has 0 saturated heterocycles. The first-order valence-corrected chi connectivity index (χ1v) is 9.71. The van der Waals surface area contributed by atoms with Gasteiger partial charge in [-0.3, -0.25) is 0 Å². The van der Waals surface area contributed by atoms with Crippen molar-refractivity contribution in [2.75, 3.05) is 26.5 Å². The van der Waals surface area contributed by atoms with Gasteiger partial charge in [-0.25, -0.2) is 13.1 Å². The van der Waals surface area contributed by atoms with Crippen LogP contribution in [0.15, 0.2) is 18.3 Å². The van der Waals surface area contributed by atoms with E-state index in [1.54, 1.807) is 7.11 Å². The summed E-state index contributed by atoms with van der Waals surface area (Å²) >= 11 is 0. The summed E-state index contributed by atoms with van der Waals surface area (Å²) in [6, 6.07) is 4.42. The van der Waals surface area contributed by atoms with E-state index in [2.05, 4.69) is 27.3 Å². The van der Waals surface area contributed by atoms with Gasteiger partial charge in [0.2, 0.25) is 10.0 Å². The normalized spacial score (nSPS) is 16.8. The van der Waals surface area contributed by atoms with Crippen LogP contribution in [-0.2, 0) is 22.9 Å². The van der Waals surface area contributed by atoms with Gasteiger partial charge in [0.25, 0.3) is 0 Å². The van der Waals surface area contributed by atoms with Crippen LogP contribution >= 0.6 is 12.4 Å². The number of aromatic nitrogens is 1. The fourth-order valence-corrected chi connectivity index (χ4v) is 3.80. The molecule has 3 N–H and O–H groups in total. The number of nitrogens with one attached hydrogen (secondary N) is 3. The monoisotopic (exact) mass is 373 g/mol. The molecule has 1 aliphatic carbocycles. The minimum atomic E-state index is -3.10. The molecule has 1 unspecified atom stereocenters. The summed E-state index contributed by atoms with van der Waals surface area (Å²) in [7, 11) is -1.39. The van der Waals surface area contributed by atoms with Gasteiger partial charge in [-0.15, -0.1) is 12.4 Å². The van der Waals surface area contributed by atoms with Gasteiger partial charge >= 0.3 is 0 Å². The predicted octanol–water partition coefficient (Wildman–Crippen LogP) is 1.59. The summed E-state index contributed by atoms with van der Waals surface area (Å²) in [5.41, 5.74) is 3.72. The summed E-state index contributed by atoms with van der Waals surface area (Å²) in [5, 5.41) is 4.82. The smallest absolute Gasteiger partial charge is 0.208 e. The lowest BCUT2D eigenvalue weighted by Gasteiger charge is -2.25. The van der Waals surface area contributed by atoms with Crippen LogP contribution < -0.4 is 14.8 Å². The fourth-order valence-electron chi connectivity index (χ4n) is 3.29. The van der Waals surface area contributed by atoms with Gasteiger partial charge in [0.15, 0.2) is 0 Å². The molecule has 0 bridgehead atoms. The number of benzene rings is 1. The summed E-state index contributed by atoms with van der Waals surface area (Å²) in [5.74, 6) is 0.934. The van der Waals surface area contributed by atoms with Crippen LogP contribution in [0.2, 0.25) is 0 Å². The van der Waals surface area contributed by atoms with Crippen molar-refractivity contribution in [3.63, 3.8) is 0 Å². The molecular weight excluding hydrogens is 350 g/mol. The molecule has 1 atom stereocenters. The Bertz CT molecular complexity index is 804. The molecular formula is C16H24ClN3O3S. The molecule has 1 heterocycles. The van der Waals surface area contributed by atoms with Crippen LogP contribution in [0.25, 0.3) is 10.9 Å². The maximum absolute atomic E-state index is 11.0. The van der Waals surface area contributed by atoms with Crippen molar-refractivity contribution >= 4 is 33.3 Å². The largest absolute Gasteiger partial charge is 0.496 e. The van der Waals surface area contributed by atoms with Crippen LogP contribution in [0.1, 0.15) is 17.5 Å². The first kappa shape index (κ1) is 19.1. The zero-order chi connectivity index (χ0) is 16.4. The van der Waals surface area contributed by atoms with E-state index in [4.69, 9.17) is 4.74 Å². The van der Waals surface area contributed by atoms with Gasteiger partial charge in [0, 0.05) is 35.2 Å². The molecule has 24 heavy (non-hydrogen) atoms. The zero-order valence-electron chi connectivity index (χ0n) is 13.9. The van der Waals surface area contributed by atoms with E-state index in [0.717, 1.165) is 37.1 Å². The first-order valence-electron chi connectivity index (χ1n) is 7.82. The third-order valence-corrected chi connectivity index (χ3v) is 5.01. The first-order chi connectivity index (χ1) is 11.0. The number of hydrogen-bond acceptors (Lipinski definition) is 4. The van der Waals surface area contributed by atoms with Crippen molar-refractivity contribution < 1.29 is 13.2 Å². The van der Waals surface area contributed by atoms with E-state index in [1.165, 1.54) is 22.8 Å². The van der Waals surface area contributed by atoms with Gasteiger partial charge in [-0.05, 0) is 43.5 Å². The van der Waals surface area contributed by atoms with Gasteiger partial charge in [-0.1, -0.05) is 0 Å². The average Bonchev–Trinajstić information content (AvgIpc) is 2.91. The Labute approximate surface area is 148 Å². The highest BCUT2D eigenvalue weighted by molar-refractivity contribution is 7.88. The molecule has 1 aromatic heterocycles. The highest BCUT2D eigenvalue weighted by atomic mass is 35.5. The Hall–Kier alpha value is -1.28.